The predicted molar refractivity (Wildman–Crippen MR) is 202 cm³/mol. The molecule has 0 spiro atoms. The lowest BCUT2D eigenvalue weighted by Crippen LogP contribution is -2.51. The number of carboxylic acid groups (broad SMARTS) is 1. The number of benzene rings is 3. The Morgan fingerprint density at radius 2 is 1.49 bits per heavy atom. The SMILES string of the molecule is CCc1ccc(NC(=O)CN(Cc2ccccc2CNC)C(=O)C2(C)CCN(C(=O)c3ccc(C(=O)O)cc3)CC2)cc1CC(=O)Nc1ccccn1. The zero-order valence-corrected chi connectivity index (χ0v) is 30.4. The number of anilines is 2. The third kappa shape index (κ3) is 9.92. The molecule has 0 bridgehead atoms. The molecule has 1 fully saturated rings. The maximum absolute atomic E-state index is 14.5. The van der Waals surface area contributed by atoms with Gasteiger partial charge in [-0.2, -0.15) is 0 Å². The van der Waals surface area contributed by atoms with Gasteiger partial charge in [0.15, 0.2) is 0 Å². The molecule has 12 nitrogen and oxygen atoms in total. The third-order valence-corrected chi connectivity index (χ3v) is 9.67. The van der Waals surface area contributed by atoms with Crippen LogP contribution in [0.15, 0.2) is 91.1 Å². The minimum Gasteiger partial charge on any atom is -0.478 e. The van der Waals surface area contributed by atoms with Crippen LogP contribution >= 0.6 is 0 Å². The van der Waals surface area contributed by atoms with Gasteiger partial charge >= 0.3 is 5.97 Å². The standard InChI is InChI=1S/C41H46N6O6/c1-4-28-16-17-34(23-33(28)24-36(48)45-35-11-7-8-20-43-35)44-37(49)27-47(26-32-10-6-5-9-31(32)25-42-3)40(53)41(2)18-21-46(22-19-41)38(50)29-12-14-30(15-13-29)39(51)52/h5-17,20,23,42H,4,18-19,21-22,24-27H2,1-3H3,(H,44,49)(H,51,52)(H,43,45,48). The van der Waals surface area contributed by atoms with Crippen LogP contribution in [0.5, 0.6) is 0 Å². The second-order valence-electron chi connectivity index (χ2n) is 13.5. The molecule has 4 aromatic rings. The fraction of sp³-hybridized carbons (Fsp3) is 0.317. The normalized spacial score (nSPS) is 13.5. The summed E-state index contributed by atoms with van der Waals surface area (Å²) < 4.78 is 0. The lowest BCUT2D eigenvalue weighted by atomic mass is 9.78. The minimum absolute atomic E-state index is 0.0983. The maximum atomic E-state index is 14.5. The van der Waals surface area contributed by atoms with Crippen LogP contribution in [0.2, 0.25) is 0 Å². The molecule has 4 amide bonds. The third-order valence-electron chi connectivity index (χ3n) is 9.67. The summed E-state index contributed by atoms with van der Waals surface area (Å²) in [6.45, 7) is 5.15. The largest absolute Gasteiger partial charge is 0.478 e. The molecule has 3 aromatic carbocycles. The molecule has 4 N–H and O–H groups in total. The van der Waals surface area contributed by atoms with Crippen LogP contribution in [0.4, 0.5) is 11.5 Å². The number of aromatic nitrogens is 1. The van der Waals surface area contributed by atoms with E-state index in [0.29, 0.717) is 56.0 Å². The summed E-state index contributed by atoms with van der Waals surface area (Å²) in [7, 11) is 1.85. The molecular formula is C41H46N6O6. The first-order chi connectivity index (χ1) is 25.5. The van der Waals surface area contributed by atoms with E-state index in [4.69, 9.17) is 0 Å². The molecule has 0 aliphatic carbocycles. The van der Waals surface area contributed by atoms with E-state index in [1.165, 1.54) is 24.3 Å². The predicted octanol–water partition coefficient (Wildman–Crippen LogP) is 5.15. The molecule has 1 aromatic heterocycles. The molecule has 12 heteroatoms. The number of rotatable bonds is 14. The molecule has 1 aliphatic rings. The zero-order chi connectivity index (χ0) is 38.0. The summed E-state index contributed by atoms with van der Waals surface area (Å²) >= 11 is 0. The van der Waals surface area contributed by atoms with Gasteiger partial charge in [-0.15, -0.1) is 0 Å². The highest BCUT2D eigenvalue weighted by molar-refractivity contribution is 5.97. The fourth-order valence-corrected chi connectivity index (χ4v) is 6.60. The van der Waals surface area contributed by atoms with Gasteiger partial charge in [0.2, 0.25) is 17.7 Å². The van der Waals surface area contributed by atoms with Crippen molar-refractivity contribution in [2.75, 3.05) is 37.3 Å². The molecule has 0 radical (unpaired) electrons. The number of nitrogens with zero attached hydrogens (tertiary/aromatic N) is 3. The first-order valence-corrected chi connectivity index (χ1v) is 17.8. The van der Waals surface area contributed by atoms with Crippen molar-refractivity contribution in [3.63, 3.8) is 0 Å². The van der Waals surface area contributed by atoms with Crippen LogP contribution in [0.1, 0.15) is 69.7 Å². The molecule has 276 valence electrons. The number of carbonyl (C=O) groups excluding carboxylic acids is 4. The van der Waals surface area contributed by atoms with Crippen molar-refractivity contribution >= 4 is 41.1 Å². The molecule has 2 heterocycles. The number of carbonyl (C=O) groups is 5. The number of carboxylic acids is 1. The monoisotopic (exact) mass is 718 g/mol. The number of aryl methyl sites for hydroxylation is 1. The highest BCUT2D eigenvalue weighted by Gasteiger charge is 2.41. The minimum atomic E-state index is -1.07. The van der Waals surface area contributed by atoms with Crippen molar-refractivity contribution in [3.8, 4) is 0 Å². The van der Waals surface area contributed by atoms with Gasteiger partial charge in [-0.25, -0.2) is 9.78 Å². The summed E-state index contributed by atoms with van der Waals surface area (Å²) in [5, 5.41) is 18.1. The number of likely N-dealkylation sites (tertiary alicyclic amines) is 1. The number of hydrogen-bond acceptors (Lipinski definition) is 7. The van der Waals surface area contributed by atoms with Crippen molar-refractivity contribution in [2.45, 2.75) is 52.6 Å². The fourth-order valence-electron chi connectivity index (χ4n) is 6.60. The van der Waals surface area contributed by atoms with Crippen molar-refractivity contribution in [3.05, 3.63) is 125 Å². The van der Waals surface area contributed by atoms with Crippen molar-refractivity contribution in [1.29, 1.82) is 0 Å². The smallest absolute Gasteiger partial charge is 0.335 e. The van der Waals surface area contributed by atoms with Crippen molar-refractivity contribution < 1.29 is 29.1 Å². The van der Waals surface area contributed by atoms with Gasteiger partial charge in [0, 0.05) is 49.0 Å². The van der Waals surface area contributed by atoms with Crippen LogP contribution in [0.25, 0.3) is 0 Å². The van der Waals surface area contributed by atoms with Crippen molar-refractivity contribution in [2.24, 2.45) is 5.41 Å². The lowest BCUT2D eigenvalue weighted by molar-refractivity contribution is -0.146. The summed E-state index contributed by atoms with van der Waals surface area (Å²) in [6, 6.07) is 24.4. The zero-order valence-electron chi connectivity index (χ0n) is 30.4. The number of piperidine rings is 1. The number of pyridine rings is 1. The Kier molecular flexibility index (Phi) is 12.7. The summed E-state index contributed by atoms with van der Waals surface area (Å²) in [5.74, 6) is -1.62. The quantitative estimate of drug-likeness (QED) is 0.139. The maximum Gasteiger partial charge on any atom is 0.335 e. The molecule has 0 atom stereocenters. The van der Waals surface area contributed by atoms with Crippen LogP contribution in [0.3, 0.4) is 0 Å². The number of hydrogen-bond donors (Lipinski definition) is 4. The van der Waals surface area contributed by atoms with E-state index in [1.807, 2.05) is 51.2 Å². The Hall–Kier alpha value is -5.88. The topological polar surface area (TPSA) is 161 Å². The average Bonchev–Trinajstić information content (AvgIpc) is 3.15. The molecule has 0 saturated carbocycles. The molecule has 1 aliphatic heterocycles. The Balaban J connectivity index is 1.31. The summed E-state index contributed by atoms with van der Waals surface area (Å²) in [4.78, 5) is 73.0. The van der Waals surface area contributed by atoms with Gasteiger partial charge in [0.05, 0.1) is 12.0 Å². The van der Waals surface area contributed by atoms with E-state index in [0.717, 1.165) is 22.3 Å². The van der Waals surface area contributed by atoms with E-state index >= 15 is 0 Å². The first kappa shape index (κ1) is 38.4. The highest BCUT2D eigenvalue weighted by Crippen LogP contribution is 2.34. The highest BCUT2D eigenvalue weighted by atomic mass is 16.4. The molecular weight excluding hydrogens is 672 g/mol. The van der Waals surface area contributed by atoms with E-state index < -0.39 is 11.4 Å². The van der Waals surface area contributed by atoms with Gasteiger partial charge in [0.25, 0.3) is 5.91 Å². The van der Waals surface area contributed by atoms with Gasteiger partial charge in [-0.3, -0.25) is 19.2 Å². The van der Waals surface area contributed by atoms with Crippen molar-refractivity contribution in [1.82, 2.24) is 20.1 Å². The second kappa shape index (κ2) is 17.6. The number of nitrogens with one attached hydrogen (secondary N) is 3. The lowest BCUT2D eigenvalue weighted by Gasteiger charge is -2.41. The van der Waals surface area contributed by atoms with Gasteiger partial charge in [-0.05, 0) is 97.1 Å². The number of amides is 4. The van der Waals surface area contributed by atoms with Gasteiger partial charge < -0.3 is 30.9 Å². The first-order valence-electron chi connectivity index (χ1n) is 17.8. The van der Waals surface area contributed by atoms with Crippen LogP contribution in [-0.4, -0.2) is 76.2 Å². The van der Waals surface area contributed by atoms with Gasteiger partial charge in [-0.1, -0.05) is 50.2 Å². The van der Waals surface area contributed by atoms with Crippen LogP contribution in [-0.2, 0) is 40.3 Å². The van der Waals surface area contributed by atoms with E-state index in [2.05, 4.69) is 20.9 Å². The van der Waals surface area contributed by atoms with E-state index in [1.54, 1.807) is 46.3 Å². The molecule has 53 heavy (non-hydrogen) atoms. The summed E-state index contributed by atoms with van der Waals surface area (Å²) in [5.41, 5.74) is 3.85. The Bertz CT molecular complexity index is 1940. The molecule has 0 unspecified atom stereocenters. The van der Waals surface area contributed by atoms with E-state index in [9.17, 15) is 29.1 Å². The van der Waals surface area contributed by atoms with Crippen LogP contribution < -0.4 is 16.0 Å². The Morgan fingerprint density at radius 3 is 2.13 bits per heavy atom. The summed E-state index contributed by atoms with van der Waals surface area (Å²) in [6.07, 6.45) is 3.19. The molecule has 5 rings (SSSR count). The average molecular weight is 719 g/mol. The Labute approximate surface area is 309 Å². The number of aromatic carboxylic acids is 1. The second-order valence-corrected chi connectivity index (χ2v) is 13.5. The van der Waals surface area contributed by atoms with Gasteiger partial charge in [0.1, 0.15) is 12.4 Å². The molecule has 1 saturated heterocycles. The van der Waals surface area contributed by atoms with E-state index in [-0.39, 0.29) is 48.7 Å². The van der Waals surface area contributed by atoms with Crippen LogP contribution in [0, 0.1) is 5.41 Å². The Morgan fingerprint density at radius 1 is 0.811 bits per heavy atom.